The van der Waals surface area contributed by atoms with E-state index < -0.39 is 15.1 Å². The summed E-state index contributed by atoms with van der Waals surface area (Å²) in [6.07, 6.45) is 2.15. The minimum absolute atomic E-state index is 0.0464. The summed E-state index contributed by atoms with van der Waals surface area (Å²) >= 11 is 6.18. The predicted octanol–water partition coefficient (Wildman–Crippen LogP) is 1.92. The highest BCUT2D eigenvalue weighted by atomic mass is 35.5. The molecule has 1 aromatic heterocycles. The second-order valence-corrected chi connectivity index (χ2v) is 9.14. The lowest BCUT2D eigenvalue weighted by atomic mass is 10.0. The van der Waals surface area contributed by atoms with E-state index in [0.717, 1.165) is 5.39 Å². The van der Waals surface area contributed by atoms with Gasteiger partial charge in [0.15, 0.2) is 9.84 Å². The SMILES string of the molecule is O=C(c1cc(Cl)cc2cccnc12)N1CCS(=O)(=O)[C@H]2COCC[C@@H]21. The maximum absolute atomic E-state index is 13.2. The maximum atomic E-state index is 13.2. The van der Waals surface area contributed by atoms with Crippen molar-refractivity contribution in [3.05, 3.63) is 41.0 Å². The molecule has 6 nitrogen and oxygen atoms in total. The molecule has 1 aromatic carbocycles. The number of sulfone groups is 1. The van der Waals surface area contributed by atoms with E-state index in [0.29, 0.717) is 29.1 Å². The Hall–Kier alpha value is -1.70. The second-order valence-electron chi connectivity index (χ2n) is 6.36. The van der Waals surface area contributed by atoms with E-state index >= 15 is 0 Å². The highest BCUT2D eigenvalue weighted by Gasteiger charge is 2.45. The van der Waals surface area contributed by atoms with Crippen molar-refractivity contribution in [2.45, 2.75) is 17.7 Å². The van der Waals surface area contributed by atoms with Gasteiger partial charge in [-0.2, -0.15) is 0 Å². The van der Waals surface area contributed by atoms with Gasteiger partial charge in [0, 0.05) is 29.8 Å². The molecule has 3 heterocycles. The molecular weight excluding hydrogens is 364 g/mol. The molecule has 25 heavy (non-hydrogen) atoms. The monoisotopic (exact) mass is 380 g/mol. The van der Waals surface area contributed by atoms with E-state index in [1.807, 2.05) is 6.07 Å². The summed E-state index contributed by atoms with van der Waals surface area (Å²) in [5, 5.41) is 0.584. The number of aromatic nitrogens is 1. The largest absolute Gasteiger partial charge is 0.380 e. The Morgan fingerprint density at radius 3 is 3.04 bits per heavy atom. The molecule has 0 bridgehead atoms. The first-order valence-corrected chi connectivity index (χ1v) is 10.2. The number of halogens is 1. The van der Waals surface area contributed by atoms with Crippen molar-refractivity contribution in [3.8, 4) is 0 Å². The molecule has 0 radical (unpaired) electrons. The molecule has 0 spiro atoms. The number of ether oxygens (including phenoxy) is 1. The quantitative estimate of drug-likeness (QED) is 0.755. The van der Waals surface area contributed by atoms with Crippen LogP contribution in [0.25, 0.3) is 10.9 Å². The van der Waals surface area contributed by atoms with E-state index in [2.05, 4.69) is 4.98 Å². The van der Waals surface area contributed by atoms with Crippen molar-refractivity contribution in [1.82, 2.24) is 9.88 Å². The summed E-state index contributed by atoms with van der Waals surface area (Å²) in [6, 6.07) is 6.64. The van der Waals surface area contributed by atoms with Gasteiger partial charge in [-0.05, 0) is 24.6 Å². The van der Waals surface area contributed by atoms with Crippen LogP contribution in [0.3, 0.4) is 0 Å². The fourth-order valence-electron chi connectivity index (χ4n) is 3.67. The average molecular weight is 381 g/mol. The lowest BCUT2D eigenvalue weighted by molar-refractivity contribution is 0.0295. The molecule has 0 saturated carbocycles. The van der Waals surface area contributed by atoms with Gasteiger partial charge in [-0.15, -0.1) is 0 Å². The molecule has 4 rings (SSSR count). The maximum Gasteiger partial charge on any atom is 0.256 e. The molecule has 2 aliphatic heterocycles. The Morgan fingerprint density at radius 2 is 2.20 bits per heavy atom. The van der Waals surface area contributed by atoms with Crippen molar-refractivity contribution in [2.24, 2.45) is 0 Å². The Balaban J connectivity index is 1.76. The Bertz CT molecular complexity index is 947. The zero-order valence-corrected chi connectivity index (χ0v) is 15.0. The van der Waals surface area contributed by atoms with Crippen LogP contribution in [0.1, 0.15) is 16.8 Å². The Labute approximate surface area is 150 Å². The van der Waals surface area contributed by atoms with Gasteiger partial charge in [-0.3, -0.25) is 9.78 Å². The number of rotatable bonds is 1. The summed E-state index contributed by atoms with van der Waals surface area (Å²) in [5.41, 5.74) is 0.988. The van der Waals surface area contributed by atoms with E-state index in [-0.39, 0.29) is 30.9 Å². The van der Waals surface area contributed by atoms with Gasteiger partial charge in [-0.25, -0.2) is 8.42 Å². The molecule has 1 amide bonds. The first kappa shape index (κ1) is 16.8. The smallest absolute Gasteiger partial charge is 0.256 e. The number of carbonyl (C=O) groups is 1. The van der Waals surface area contributed by atoms with Crippen LogP contribution in [0.5, 0.6) is 0 Å². The minimum Gasteiger partial charge on any atom is -0.380 e. The van der Waals surface area contributed by atoms with E-state index in [9.17, 15) is 13.2 Å². The first-order valence-electron chi connectivity index (χ1n) is 8.12. The minimum atomic E-state index is -3.24. The molecule has 132 valence electrons. The summed E-state index contributed by atoms with van der Waals surface area (Å²) in [4.78, 5) is 19.2. The van der Waals surface area contributed by atoms with Crippen molar-refractivity contribution in [2.75, 3.05) is 25.5 Å². The van der Waals surface area contributed by atoms with Gasteiger partial charge in [0.1, 0.15) is 5.25 Å². The standard InChI is InChI=1S/C17H17ClN2O4S/c18-12-8-11-2-1-4-19-16(11)13(9-12)17(21)20-5-7-25(22,23)15-10-24-6-3-14(15)20/h1-2,4,8-9,14-15H,3,5-7,10H2/t14-,15-/m0/s1. The molecule has 8 heteroatoms. The zero-order valence-electron chi connectivity index (χ0n) is 13.4. The van der Waals surface area contributed by atoms with Crippen molar-refractivity contribution in [3.63, 3.8) is 0 Å². The summed E-state index contributed by atoms with van der Waals surface area (Å²) in [6.45, 7) is 0.781. The number of nitrogens with zero attached hydrogens (tertiary/aromatic N) is 2. The van der Waals surface area contributed by atoms with Crippen LogP contribution in [0, 0.1) is 0 Å². The zero-order chi connectivity index (χ0) is 17.6. The molecule has 0 N–H and O–H groups in total. The number of hydrogen-bond donors (Lipinski definition) is 0. The molecule has 2 fully saturated rings. The second kappa shape index (κ2) is 6.23. The van der Waals surface area contributed by atoms with E-state index in [4.69, 9.17) is 16.3 Å². The third kappa shape index (κ3) is 2.90. The van der Waals surface area contributed by atoms with Crippen LogP contribution < -0.4 is 0 Å². The fourth-order valence-corrected chi connectivity index (χ4v) is 5.71. The molecule has 0 unspecified atom stereocenters. The molecule has 2 aliphatic rings. The number of amides is 1. The predicted molar refractivity (Wildman–Crippen MR) is 94.6 cm³/mol. The molecule has 2 atom stereocenters. The number of benzene rings is 1. The van der Waals surface area contributed by atoms with Gasteiger partial charge in [-0.1, -0.05) is 17.7 Å². The molecular formula is C17H17ClN2O4S. The third-order valence-corrected chi connectivity index (χ3v) is 7.25. The Morgan fingerprint density at radius 1 is 1.36 bits per heavy atom. The van der Waals surface area contributed by atoms with Gasteiger partial charge in [0.05, 0.1) is 29.5 Å². The lowest BCUT2D eigenvalue weighted by Gasteiger charge is -2.43. The normalized spacial score (nSPS) is 25.6. The third-order valence-electron chi connectivity index (χ3n) is 4.91. The highest BCUT2D eigenvalue weighted by Crippen LogP contribution is 2.30. The van der Waals surface area contributed by atoms with Crippen molar-refractivity contribution in [1.29, 1.82) is 0 Å². The van der Waals surface area contributed by atoms with Crippen LogP contribution in [0.4, 0.5) is 0 Å². The summed E-state index contributed by atoms with van der Waals surface area (Å²) < 4.78 is 30.0. The molecule has 2 aromatic rings. The van der Waals surface area contributed by atoms with Gasteiger partial charge >= 0.3 is 0 Å². The summed E-state index contributed by atoms with van der Waals surface area (Å²) in [5.74, 6) is -0.271. The van der Waals surface area contributed by atoms with Gasteiger partial charge in [0.2, 0.25) is 0 Å². The fraction of sp³-hybridized carbons (Fsp3) is 0.412. The van der Waals surface area contributed by atoms with E-state index in [1.165, 1.54) is 0 Å². The molecule has 2 saturated heterocycles. The summed E-state index contributed by atoms with van der Waals surface area (Å²) in [7, 11) is -3.24. The van der Waals surface area contributed by atoms with Crippen LogP contribution >= 0.6 is 11.6 Å². The van der Waals surface area contributed by atoms with Gasteiger partial charge in [0.25, 0.3) is 5.91 Å². The van der Waals surface area contributed by atoms with Crippen LogP contribution in [0.2, 0.25) is 5.02 Å². The molecule has 0 aliphatic carbocycles. The average Bonchev–Trinajstić information content (AvgIpc) is 2.61. The number of hydrogen-bond acceptors (Lipinski definition) is 5. The highest BCUT2D eigenvalue weighted by molar-refractivity contribution is 7.92. The topological polar surface area (TPSA) is 76.6 Å². The lowest BCUT2D eigenvalue weighted by Crippen LogP contribution is -2.60. The number of carbonyl (C=O) groups excluding carboxylic acids is 1. The first-order chi connectivity index (χ1) is 12.0. The van der Waals surface area contributed by atoms with Crippen LogP contribution in [0.15, 0.2) is 30.5 Å². The van der Waals surface area contributed by atoms with Crippen LogP contribution in [-0.2, 0) is 14.6 Å². The Kier molecular flexibility index (Phi) is 4.17. The van der Waals surface area contributed by atoms with Crippen molar-refractivity contribution >= 4 is 38.2 Å². The van der Waals surface area contributed by atoms with Crippen molar-refractivity contribution < 1.29 is 17.9 Å². The van der Waals surface area contributed by atoms with Crippen LogP contribution in [-0.4, -0.2) is 61.0 Å². The number of fused-ring (bicyclic) bond motifs is 2. The van der Waals surface area contributed by atoms with E-state index in [1.54, 1.807) is 29.3 Å². The number of pyridine rings is 1. The van der Waals surface area contributed by atoms with Gasteiger partial charge < -0.3 is 9.64 Å².